The van der Waals surface area contributed by atoms with E-state index in [2.05, 4.69) is 15.5 Å². The van der Waals surface area contributed by atoms with Crippen molar-refractivity contribution in [1.82, 2.24) is 20.4 Å². The van der Waals surface area contributed by atoms with E-state index in [1.807, 2.05) is 35.2 Å². The average molecular weight is 298 g/mol. The molecule has 2 heterocycles. The Hall–Kier alpha value is -2.63. The number of nitrogens with zero attached hydrogens (tertiary/aromatic N) is 2. The molecule has 1 fully saturated rings. The minimum Gasteiger partial charge on any atom is -0.355 e. The van der Waals surface area contributed by atoms with Crippen LogP contribution >= 0.6 is 0 Å². The summed E-state index contributed by atoms with van der Waals surface area (Å²) in [5, 5.41) is 9.48. The summed E-state index contributed by atoms with van der Waals surface area (Å²) in [5.41, 5.74) is 1.87. The van der Waals surface area contributed by atoms with Gasteiger partial charge in [0, 0.05) is 19.2 Å². The summed E-state index contributed by atoms with van der Waals surface area (Å²) in [5.74, 6) is -0.205. The van der Waals surface area contributed by atoms with Gasteiger partial charge in [0.2, 0.25) is 0 Å². The molecule has 1 aromatic carbocycles. The zero-order chi connectivity index (χ0) is 15.5. The molecule has 2 amide bonds. The van der Waals surface area contributed by atoms with Gasteiger partial charge in [-0.1, -0.05) is 18.2 Å². The van der Waals surface area contributed by atoms with Crippen molar-refractivity contribution in [2.45, 2.75) is 18.9 Å². The van der Waals surface area contributed by atoms with E-state index in [1.54, 1.807) is 7.05 Å². The van der Waals surface area contributed by atoms with Crippen LogP contribution in [-0.2, 0) is 0 Å². The Morgan fingerprint density at radius 1 is 1.32 bits per heavy atom. The number of likely N-dealkylation sites (tertiary alicyclic amines) is 1. The Morgan fingerprint density at radius 3 is 2.82 bits per heavy atom. The molecule has 1 aliphatic rings. The molecule has 2 aromatic rings. The maximum Gasteiger partial charge on any atom is 0.254 e. The van der Waals surface area contributed by atoms with Crippen molar-refractivity contribution in [3.63, 3.8) is 0 Å². The van der Waals surface area contributed by atoms with Crippen LogP contribution in [0.25, 0.3) is 0 Å². The Labute approximate surface area is 128 Å². The first-order chi connectivity index (χ1) is 10.7. The standard InChI is InChI=1S/C16H18N4O2/c1-17-15(21)12-10-18-19-14(12)13-8-5-9-20(13)16(22)11-6-3-2-4-7-11/h2-4,6-7,10,13H,5,8-9H2,1H3,(H,17,21)(H,18,19)/t13-/m1/s1. The molecule has 0 bridgehead atoms. The first-order valence-electron chi connectivity index (χ1n) is 7.33. The lowest BCUT2D eigenvalue weighted by molar-refractivity contribution is 0.0729. The zero-order valence-corrected chi connectivity index (χ0v) is 12.4. The summed E-state index contributed by atoms with van der Waals surface area (Å²) in [6.45, 7) is 0.685. The number of aromatic nitrogens is 2. The molecule has 0 spiro atoms. The van der Waals surface area contributed by atoms with E-state index in [4.69, 9.17) is 0 Å². The summed E-state index contributed by atoms with van der Waals surface area (Å²) in [6.07, 6.45) is 3.25. The highest BCUT2D eigenvalue weighted by Gasteiger charge is 2.34. The number of hydrogen-bond donors (Lipinski definition) is 2. The monoisotopic (exact) mass is 298 g/mol. The molecule has 1 aliphatic heterocycles. The van der Waals surface area contributed by atoms with Crippen LogP contribution in [0.2, 0.25) is 0 Å². The first-order valence-corrected chi connectivity index (χ1v) is 7.33. The van der Waals surface area contributed by atoms with E-state index in [1.165, 1.54) is 6.20 Å². The Balaban J connectivity index is 1.90. The Bertz CT molecular complexity index is 680. The van der Waals surface area contributed by atoms with Gasteiger partial charge in [0.25, 0.3) is 11.8 Å². The molecular weight excluding hydrogens is 280 g/mol. The smallest absolute Gasteiger partial charge is 0.254 e. The van der Waals surface area contributed by atoms with Gasteiger partial charge in [0.15, 0.2) is 0 Å². The highest BCUT2D eigenvalue weighted by molar-refractivity contribution is 5.96. The summed E-state index contributed by atoms with van der Waals surface area (Å²) in [7, 11) is 1.58. The maximum absolute atomic E-state index is 12.7. The minimum absolute atomic E-state index is 0.0134. The van der Waals surface area contributed by atoms with E-state index in [0.29, 0.717) is 23.4 Å². The molecular formula is C16H18N4O2. The average Bonchev–Trinajstić information content (AvgIpc) is 3.22. The van der Waals surface area contributed by atoms with Crippen LogP contribution in [0.15, 0.2) is 36.5 Å². The van der Waals surface area contributed by atoms with E-state index >= 15 is 0 Å². The topological polar surface area (TPSA) is 78.1 Å². The number of hydrogen-bond acceptors (Lipinski definition) is 3. The van der Waals surface area contributed by atoms with Crippen molar-refractivity contribution in [1.29, 1.82) is 0 Å². The number of rotatable bonds is 3. The summed E-state index contributed by atoms with van der Waals surface area (Å²) in [4.78, 5) is 26.4. The second-order valence-corrected chi connectivity index (χ2v) is 5.30. The molecule has 3 rings (SSSR count). The second kappa shape index (κ2) is 6.01. The van der Waals surface area contributed by atoms with E-state index in [0.717, 1.165) is 12.8 Å². The van der Waals surface area contributed by atoms with Crippen molar-refractivity contribution in [3.8, 4) is 0 Å². The van der Waals surface area contributed by atoms with Crippen molar-refractivity contribution in [2.75, 3.05) is 13.6 Å². The highest BCUT2D eigenvalue weighted by Crippen LogP contribution is 2.33. The highest BCUT2D eigenvalue weighted by atomic mass is 16.2. The molecule has 0 radical (unpaired) electrons. The van der Waals surface area contributed by atoms with Gasteiger partial charge >= 0.3 is 0 Å². The Kier molecular flexibility index (Phi) is 3.91. The molecule has 0 saturated carbocycles. The van der Waals surface area contributed by atoms with Crippen molar-refractivity contribution in [3.05, 3.63) is 53.3 Å². The van der Waals surface area contributed by atoms with Gasteiger partial charge in [0.05, 0.1) is 23.5 Å². The van der Waals surface area contributed by atoms with Gasteiger partial charge in [0.1, 0.15) is 0 Å². The molecule has 0 aliphatic carbocycles. The quantitative estimate of drug-likeness (QED) is 0.906. The lowest BCUT2D eigenvalue weighted by Gasteiger charge is -2.24. The van der Waals surface area contributed by atoms with Crippen LogP contribution in [0.4, 0.5) is 0 Å². The van der Waals surface area contributed by atoms with Crippen LogP contribution < -0.4 is 5.32 Å². The van der Waals surface area contributed by atoms with Gasteiger partial charge < -0.3 is 10.2 Å². The molecule has 0 unspecified atom stereocenters. The number of benzene rings is 1. The van der Waals surface area contributed by atoms with Gasteiger partial charge in [-0.05, 0) is 25.0 Å². The number of H-pyrrole nitrogens is 1. The Morgan fingerprint density at radius 2 is 2.09 bits per heavy atom. The predicted octanol–water partition coefficient (Wildman–Crippen LogP) is 1.75. The first kappa shape index (κ1) is 14.3. The largest absolute Gasteiger partial charge is 0.355 e. The lowest BCUT2D eigenvalue weighted by atomic mass is 10.1. The van der Waals surface area contributed by atoms with Crippen LogP contribution in [0.5, 0.6) is 0 Å². The SMILES string of the molecule is CNC(=O)c1cn[nH]c1[C@H]1CCCN1C(=O)c1ccccc1. The molecule has 22 heavy (non-hydrogen) atoms. The van der Waals surface area contributed by atoms with Crippen LogP contribution in [-0.4, -0.2) is 40.5 Å². The molecule has 6 nitrogen and oxygen atoms in total. The van der Waals surface area contributed by atoms with Crippen LogP contribution in [0, 0.1) is 0 Å². The fourth-order valence-corrected chi connectivity index (χ4v) is 2.92. The molecule has 1 aromatic heterocycles. The van der Waals surface area contributed by atoms with Crippen molar-refractivity contribution in [2.24, 2.45) is 0 Å². The molecule has 114 valence electrons. The van der Waals surface area contributed by atoms with E-state index < -0.39 is 0 Å². The predicted molar refractivity (Wildman–Crippen MR) is 81.4 cm³/mol. The summed E-state index contributed by atoms with van der Waals surface area (Å²) >= 11 is 0. The number of carbonyl (C=O) groups excluding carboxylic acids is 2. The number of amides is 2. The second-order valence-electron chi connectivity index (χ2n) is 5.30. The molecule has 6 heteroatoms. The van der Waals surface area contributed by atoms with E-state index in [9.17, 15) is 9.59 Å². The molecule has 1 atom stereocenters. The van der Waals surface area contributed by atoms with Crippen LogP contribution in [0.1, 0.15) is 45.3 Å². The van der Waals surface area contributed by atoms with Gasteiger partial charge in [-0.2, -0.15) is 5.10 Å². The third kappa shape index (κ3) is 2.47. The van der Waals surface area contributed by atoms with Crippen LogP contribution in [0.3, 0.4) is 0 Å². The maximum atomic E-state index is 12.7. The lowest BCUT2D eigenvalue weighted by Crippen LogP contribution is -2.32. The fourth-order valence-electron chi connectivity index (χ4n) is 2.92. The number of carbonyl (C=O) groups is 2. The third-order valence-electron chi connectivity index (χ3n) is 4.01. The number of aromatic amines is 1. The van der Waals surface area contributed by atoms with Gasteiger partial charge in [-0.3, -0.25) is 14.7 Å². The van der Waals surface area contributed by atoms with Crippen molar-refractivity contribution < 1.29 is 9.59 Å². The zero-order valence-electron chi connectivity index (χ0n) is 12.4. The number of nitrogens with one attached hydrogen (secondary N) is 2. The third-order valence-corrected chi connectivity index (χ3v) is 4.01. The van der Waals surface area contributed by atoms with Gasteiger partial charge in [-0.25, -0.2) is 0 Å². The van der Waals surface area contributed by atoms with Gasteiger partial charge in [-0.15, -0.1) is 0 Å². The van der Waals surface area contributed by atoms with E-state index in [-0.39, 0.29) is 17.9 Å². The fraction of sp³-hybridized carbons (Fsp3) is 0.312. The van der Waals surface area contributed by atoms with Crippen molar-refractivity contribution >= 4 is 11.8 Å². The molecule has 2 N–H and O–H groups in total. The minimum atomic E-state index is -0.192. The summed E-state index contributed by atoms with van der Waals surface area (Å²) in [6, 6.07) is 9.07. The normalized spacial score (nSPS) is 17.5. The summed E-state index contributed by atoms with van der Waals surface area (Å²) < 4.78 is 0. The molecule has 1 saturated heterocycles.